The smallest absolute Gasteiger partial charge is 0.158 e. The van der Waals surface area contributed by atoms with Gasteiger partial charge in [0.05, 0.1) is 11.8 Å². The van der Waals surface area contributed by atoms with Crippen LogP contribution in [0.15, 0.2) is 35.1 Å². The molecule has 0 spiro atoms. The maximum atomic E-state index is 13.5. The summed E-state index contributed by atoms with van der Waals surface area (Å²) in [6.07, 6.45) is 1.39. The second kappa shape index (κ2) is 6.29. The fourth-order valence-electron chi connectivity index (χ4n) is 2.42. The lowest BCUT2D eigenvalue weighted by molar-refractivity contribution is 0.199. The maximum absolute atomic E-state index is 13.5. The molecule has 1 unspecified atom stereocenters. The molecule has 3 rings (SSSR count). The molecule has 1 aromatic carbocycles. The van der Waals surface area contributed by atoms with Crippen LogP contribution in [0.2, 0.25) is 0 Å². The van der Waals surface area contributed by atoms with Gasteiger partial charge in [0.2, 0.25) is 0 Å². The summed E-state index contributed by atoms with van der Waals surface area (Å²) in [4.78, 5) is 4.24. The van der Waals surface area contributed by atoms with Crippen LogP contribution in [0, 0.1) is 5.82 Å². The number of aliphatic hydroxyl groups is 1. The van der Waals surface area contributed by atoms with Crippen LogP contribution in [0.25, 0.3) is 11.4 Å². The quantitative estimate of drug-likeness (QED) is 0.783. The van der Waals surface area contributed by atoms with Gasteiger partial charge in [-0.15, -0.1) is 0 Å². The Morgan fingerprint density at radius 2 is 2.17 bits per heavy atom. The average molecular weight is 316 g/mol. The summed E-state index contributed by atoms with van der Waals surface area (Å²) in [5.41, 5.74) is 1.97. The van der Waals surface area contributed by atoms with Crippen LogP contribution in [0.1, 0.15) is 37.0 Å². The van der Waals surface area contributed by atoms with Crippen LogP contribution in [0.4, 0.5) is 4.39 Å². The standard InChI is InChI=1S/C16H17FN4O2/c1-3-12-7-13(23-20-12)8-21-16(18-9-19-21)14-5-4-11(17)6-15(14)10(2)22/h4-7,9-10,22H,3,8H2,1-2H3. The molecule has 0 amide bonds. The van der Waals surface area contributed by atoms with E-state index in [0.29, 0.717) is 29.3 Å². The SMILES string of the molecule is CCc1cc(Cn2ncnc2-c2ccc(F)cc2C(C)O)on1. The third kappa shape index (κ3) is 3.14. The Labute approximate surface area is 132 Å². The fraction of sp³-hybridized carbons (Fsp3) is 0.312. The summed E-state index contributed by atoms with van der Waals surface area (Å²) in [6, 6.07) is 6.11. The Bertz CT molecular complexity index is 810. The van der Waals surface area contributed by atoms with Gasteiger partial charge in [-0.2, -0.15) is 5.10 Å². The largest absolute Gasteiger partial charge is 0.389 e. The molecule has 7 heteroatoms. The zero-order chi connectivity index (χ0) is 16.4. The molecule has 0 aliphatic rings. The van der Waals surface area contributed by atoms with Crippen molar-refractivity contribution in [3.05, 3.63) is 53.4 Å². The first-order chi connectivity index (χ1) is 11.1. The van der Waals surface area contributed by atoms with Crippen LogP contribution >= 0.6 is 0 Å². The molecule has 120 valence electrons. The Balaban J connectivity index is 1.98. The monoisotopic (exact) mass is 316 g/mol. The van der Waals surface area contributed by atoms with E-state index in [0.717, 1.165) is 12.1 Å². The van der Waals surface area contributed by atoms with E-state index in [9.17, 15) is 9.50 Å². The van der Waals surface area contributed by atoms with E-state index >= 15 is 0 Å². The number of halogens is 1. The number of aryl methyl sites for hydroxylation is 1. The number of aliphatic hydroxyl groups excluding tert-OH is 1. The summed E-state index contributed by atoms with van der Waals surface area (Å²) >= 11 is 0. The number of benzene rings is 1. The van der Waals surface area contributed by atoms with Crippen molar-refractivity contribution in [3.8, 4) is 11.4 Å². The lowest BCUT2D eigenvalue weighted by atomic mass is 10.0. The molecule has 0 fully saturated rings. The van der Waals surface area contributed by atoms with Gasteiger partial charge in [0.15, 0.2) is 11.6 Å². The van der Waals surface area contributed by atoms with E-state index < -0.39 is 11.9 Å². The lowest BCUT2D eigenvalue weighted by Gasteiger charge is -2.12. The van der Waals surface area contributed by atoms with Crippen molar-refractivity contribution in [2.75, 3.05) is 0 Å². The van der Waals surface area contributed by atoms with Crippen LogP contribution in [0.5, 0.6) is 0 Å². The summed E-state index contributed by atoms with van der Waals surface area (Å²) < 4.78 is 20.4. The third-order valence-corrected chi connectivity index (χ3v) is 3.60. The van der Waals surface area contributed by atoms with E-state index in [1.54, 1.807) is 17.7 Å². The zero-order valence-corrected chi connectivity index (χ0v) is 12.9. The highest BCUT2D eigenvalue weighted by Crippen LogP contribution is 2.28. The molecule has 6 nitrogen and oxygen atoms in total. The van der Waals surface area contributed by atoms with Gasteiger partial charge in [0.1, 0.15) is 18.7 Å². The summed E-state index contributed by atoms with van der Waals surface area (Å²) in [7, 11) is 0. The molecule has 1 atom stereocenters. The van der Waals surface area contributed by atoms with E-state index in [1.807, 2.05) is 13.0 Å². The van der Waals surface area contributed by atoms with Crippen molar-refractivity contribution < 1.29 is 14.0 Å². The highest BCUT2D eigenvalue weighted by Gasteiger charge is 2.17. The Morgan fingerprint density at radius 3 is 2.87 bits per heavy atom. The summed E-state index contributed by atoms with van der Waals surface area (Å²) in [6.45, 7) is 3.94. The molecule has 2 heterocycles. The molecule has 0 aliphatic heterocycles. The highest BCUT2D eigenvalue weighted by atomic mass is 19.1. The first kappa shape index (κ1) is 15.4. The topological polar surface area (TPSA) is 77.0 Å². The number of nitrogens with zero attached hydrogens (tertiary/aromatic N) is 4. The van der Waals surface area contributed by atoms with Crippen molar-refractivity contribution in [3.63, 3.8) is 0 Å². The zero-order valence-electron chi connectivity index (χ0n) is 12.9. The van der Waals surface area contributed by atoms with Gasteiger partial charge in [-0.05, 0) is 37.1 Å². The van der Waals surface area contributed by atoms with Gasteiger partial charge in [-0.1, -0.05) is 12.1 Å². The first-order valence-electron chi connectivity index (χ1n) is 7.38. The van der Waals surface area contributed by atoms with Crippen LogP contribution in [-0.4, -0.2) is 25.0 Å². The summed E-state index contributed by atoms with van der Waals surface area (Å²) in [5.74, 6) is 0.795. The number of hydrogen-bond acceptors (Lipinski definition) is 5. The van der Waals surface area contributed by atoms with Gasteiger partial charge in [0, 0.05) is 11.6 Å². The first-order valence-corrected chi connectivity index (χ1v) is 7.38. The molecule has 0 bridgehead atoms. The Kier molecular flexibility index (Phi) is 4.20. The molecule has 0 radical (unpaired) electrons. The summed E-state index contributed by atoms with van der Waals surface area (Å²) in [5, 5.41) is 18.0. The van der Waals surface area contributed by atoms with Crippen molar-refractivity contribution in [2.45, 2.75) is 32.9 Å². The minimum Gasteiger partial charge on any atom is -0.389 e. The van der Waals surface area contributed by atoms with Crippen molar-refractivity contribution in [1.29, 1.82) is 0 Å². The van der Waals surface area contributed by atoms with Crippen LogP contribution < -0.4 is 0 Å². The molecule has 0 saturated heterocycles. The molecule has 23 heavy (non-hydrogen) atoms. The highest BCUT2D eigenvalue weighted by molar-refractivity contribution is 5.61. The van der Waals surface area contributed by atoms with Gasteiger partial charge in [0.25, 0.3) is 0 Å². The van der Waals surface area contributed by atoms with Gasteiger partial charge < -0.3 is 9.63 Å². The molecule has 2 aromatic heterocycles. The Morgan fingerprint density at radius 1 is 1.35 bits per heavy atom. The average Bonchev–Trinajstić information content (AvgIpc) is 3.17. The second-order valence-corrected chi connectivity index (χ2v) is 5.29. The van der Waals surface area contributed by atoms with Gasteiger partial charge >= 0.3 is 0 Å². The maximum Gasteiger partial charge on any atom is 0.158 e. The minimum absolute atomic E-state index is 0.360. The normalized spacial score (nSPS) is 12.5. The van der Waals surface area contributed by atoms with E-state index in [2.05, 4.69) is 15.2 Å². The fourth-order valence-corrected chi connectivity index (χ4v) is 2.42. The molecule has 1 N–H and O–H groups in total. The van der Waals surface area contributed by atoms with Gasteiger partial charge in [-0.25, -0.2) is 14.1 Å². The number of rotatable bonds is 5. The number of hydrogen-bond donors (Lipinski definition) is 1. The van der Waals surface area contributed by atoms with Crippen LogP contribution in [0.3, 0.4) is 0 Å². The second-order valence-electron chi connectivity index (χ2n) is 5.29. The molecular formula is C16H17FN4O2. The van der Waals surface area contributed by atoms with Crippen molar-refractivity contribution in [2.24, 2.45) is 0 Å². The molecule has 0 saturated carbocycles. The predicted octanol–water partition coefficient (Wildman–Crippen LogP) is 2.74. The predicted molar refractivity (Wildman–Crippen MR) is 81.0 cm³/mol. The van der Waals surface area contributed by atoms with E-state index in [4.69, 9.17) is 4.52 Å². The molecular weight excluding hydrogens is 299 g/mol. The minimum atomic E-state index is -0.817. The van der Waals surface area contributed by atoms with Crippen LogP contribution in [-0.2, 0) is 13.0 Å². The van der Waals surface area contributed by atoms with E-state index in [-0.39, 0.29) is 0 Å². The number of aromatic nitrogens is 4. The van der Waals surface area contributed by atoms with E-state index in [1.165, 1.54) is 18.5 Å². The van der Waals surface area contributed by atoms with Gasteiger partial charge in [-0.3, -0.25) is 0 Å². The Hall–Kier alpha value is -2.54. The third-order valence-electron chi connectivity index (χ3n) is 3.60. The van der Waals surface area contributed by atoms with Crippen molar-refractivity contribution >= 4 is 0 Å². The lowest BCUT2D eigenvalue weighted by Crippen LogP contribution is -2.06. The molecule has 0 aliphatic carbocycles. The van der Waals surface area contributed by atoms with Crippen molar-refractivity contribution in [1.82, 2.24) is 19.9 Å². The molecule has 3 aromatic rings.